The molecule has 1 heterocycles. The zero-order chi connectivity index (χ0) is 17.2. The van der Waals surface area contributed by atoms with Gasteiger partial charge in [0, 0.05) is 24.5 Å². The van der Waals surface area contributed by atoms with Crippen molar-refractivity contribution >= 4 is 23.3 Å². The summed E-state index contributed by atoms with van der Waals surface area (Å²) in [6, 6.07) is 13.5. The average molecular weight is 345 g/mol. The van der Waals surface area contributed by atoms with E-state index < -0.39 is 0 Å². The molecule has 0 aliphatic heterocycles. The fraction of sp³-hybridized carbons (Fsp3) is 0.333. The van der Waals surface area contributed by atoms with Crippen LogP contribution in [0.15, 0.2) is 47.8 Å². The summed E-state index contributed by atoms with van der Waals surface area (Å²) in [5, 5.41) is 7.66. The standard InChI is InChI=1S/C18H23N3O2S/c1-2-21(14-16-9-6-12-24-16)18(23)20-11-10-19-17(22)13-15-7-4-3-5-8-15/h3-9,12H,2,10-11,13-14H2,1H3,(H,19,22)(H,20,23). The zero-order valence-electron chi connectivity index (χ0n) is 13.8. The number of nitrogens with one attached hydrogen (secondary N) is 2. The van der Waals surface area contributed by atoms with Crippen LogP contribution >= 0.6 is 11.3 Å². The first-order valence-corrected chi connectivity index (χ1v) is 8.92. The van der Waals surface area contributed by atoms with Crippen molar-refractivity contribution in [2.75, 3.05) is 19.6 Å². The van der Waals surface area contributed by atoms with Gasteiger partial charge in [-0.1, -0.05) is 36.4 Å². The normalized spacial score (nSPS) is 10.2. The molecule has 128 valence electrons. The van der Waals surface area contributed by atoms with Crippen LogP contribution in [-0.2, 0) is 17.8 Å². The topological polar surface area (TPSA) is 61.4 Å². The number of thiophene rings is 1. The third-order valence-corrected chi connectivity index (χ3v) is 4.39. The lowest BCUT2D eigenvalue weighted by molar-refractivity contribution is -0.120. The maximum Gasteiger partial charge on any atom is 0.317 e. The first-order valence-electron chi connectivity index (χ1n) is 8.05. The Labute approximate surface area is 146 Å². The van der Waals surface area contributed by atoms with Gasteiger partial charge in [0.1, 0.15) is 0 Å². The Bertz CT molecular complexity index is 629. The molecule has 5 nitrogen and oxygen atoms in total. The minimum absolute atomic E-state index is 0.0404. The molecule has 0 saturated heterocycles. The molecular formula is C18H23N3O2S. The summed E-state index contributed by atoms with van der Waals surface area (Å²) in [7, 11) is 0. The van der Waals surface area contributed by atoms with Crippen LogP contribution in [0.2, 0.25) is 0 Å². The van der Waals surface area contributed by atoms with E-state index >= 15 is 0 Å². The van der Waals surface area contributed by atoms with Crippen molar-refractivity contribution in [2.24, 2.45) is 0 Å². The van der Waals surface area contributed by atoms with Gasteiger partial charge in [0.2, 0.25) is 5.91 Å². The van der Waals surface area contributed by atoms with E-state index in [-0.39, 0.29) is 11.9 Å². The Morgan fingerprint density at radius 1 is 1.04 bits per heavy atom. The molecule has 24 heavy (non-hydrogen) atoms. The molecule has 0 aliphatic carbocycles. The maximum atomic E-state index is 12.1. The smallest absolute Gasteiger partial charge is 0.317 e. The summed E-state index contributed by atoms with van der Waals surface area (Å²) < 4.78 is 0. The second-order valence-electron chi connectivity index (χ2n) is 5.34. The van der Waals surface area contributed by atoms with Gasteiger partial charge in [0.05, 0.1) is 13.0 Å². The summed E-state index contributed by atoms with van der Waals surface area (Å²) in [6.07, 6.45) is 0.355. The Morgan fingerprint density at radius 2 is 1.79 bits per heavy atom. The minimum atomic E-state index is -0.108. The lowest BCUT2D eigenvalue weighted by Crippen LogP contribution is -2.42. The van der Waals surface area contributed by atoms with Crippen molar-refractivity contribution in [1.29, 1.82) is 0 Å². The number of hydrogen-bond acceptors (Lipinski definition) is 3. The SMILES string of the molecule is CCN(Cc1cccs1)C(=O)NCCNC(=O)Cc1ccccc1. The summed E-state index contributed by atoms with van der Waals surface area (Å²) in [5.74, 6) is -0.0404. The quantitative estimate of drug-likeness (QED) is 0.723. The van der Waals surface area contributed by atoms with E-state index in [1.807, 2.05) is 54.8 Å². The Balaban J connectivity index is 1.65. The van der Waals surface area contributed by atoms with Crippen molar-refractivity contribution in [3.63, 3.8) is 0 Å². The molecule has 0 unspecified atom stereocenters. The molecule has 1 aromatic carbocycles. The van der Waals surface area contributed by atoms with Crippen LogP contribution in [0.25, 0.3) is 0 Å². The van der Waals surface area contributed by atoms with Gasteiger partial charge in [0.15, 0.2) is 0 Å². The lowest BCUT2D eigenvalue weighted by atomic mass is 10.1. The van der Waals surface area contributed by atoms with E-state index in [0.717, 1.165) is 10.4 Å². The highest BCUT2D eigenvalue weighted by Crippen LogP contribution is 2.11. The summed E-state index contributed by atoms with van der Waals surface area (Å²) in [4.78, 5) is 26.9. The predicted octanol–water partition coefficient (Wildman–Crippen LogP) is 2.64. The molecule has 0 fully saturated rings. The van der Waals surface area contributed by atoms with Gasteiger partial charge in [-0.15, -0.1) is 11.3 Å². The molecule has 0 bridgehead atoms. The van der Waals surface area contributed by atoms with Crippen LogP contribution in [0.4, 0.5) is 4.79 Å². The number of carbonyl (C=O) groups excluding carboxylic acids is 2. The van der Waals surface area contributed by atoms with Gasteiger partial charge in [-0.3, -0.25) is 4.79 Å². The Kier molecular flexibility index (Phi) is 7.29. The first-order chi connectivity index (χ1) is 11.7. The van der Waals surface area contributed by atoms with E-state index in [1.165, 1.54) is 0 Å². The molecule has 2 aromatic rings. The van der Waals surface area contributed by atoms with Crippen molar-refractivity contribution in [1.82, 2.24) is 15.5 Å². The number of benzene rings is 1. The van der Waals surface area contributed by atoms with Crippen molar-refractivity contribution in [2.45, 2.75) is 19.9 Å². The largest absolute Gasteiger partial charge is 0.354 e. The first kappa shape index (κ1) is 18.0. The van der Waals surface area contributed by atoms with E-state index in [9.17, 15) is 9.59 Å². The third kappa shape index (κ3) is 6.04. The van der Waals surface area contributed by atoms with Crippen LogP contribution < -0.4 is 10.6 Å². The second kappa shape index (κ2) is 9.72. The number of rotatable bonds is 8. The number of urea groups is 1. The molecule has 0 radical (unpaired) electrons. The molecule has 6 heteroatoms. The van der Waals surface area contributed by atoms with E-state index in [0.29, 0.717) is 32.6 Å². The van der Waals surface area contributed by atoms with Crippen LogP contribution in [0, 0.1) is 0 Å². The van der Waals surface area contributed by atoms with Crippen molar-refractivity contribution < 1.29 is 9.59 Å². The molecule has 0 saturated carbocycles. The van der Waals surface area contributed by atoms with E-state index in [1.54, 1.807) is 16.2 Å². The van der Waals surface area contributed by atoms with Gasteiger partial charge in [-0.25, -0.2) is 4.79 Å². The summed E-state index contributed by atoms with van der Waals surface area (Å²) >= 11 is 1.64. The van der Waals surface area contributed by atoms with Crippen molar-refractivity contribution in [3.05, 3.63) is 58.3 Å². The van der Waals surface area contributed by atoms with Crippen LogP contribution in [-0.4, -0.2) is 36.5 Å². The molecule has 0 spiro atoms. The van der Waals surface area contributed by atoms with Gasteiger partial charge < -0.3 is 15.5 Å². The number of amides is 3. The molecule has 0 atom stereocenters. The predicted molar refractivity (Wildman–Crippen MR) is 97.0 cm³/mol. The molecule has 1 aromatic heterocycles. The number of nitrogens with zero attached hydrogens (tertiary/aromatic N) is 1. The fourth-order valence-corrected chi connectivity index (χ4v) is 2.96. The second-order valence-corrected chi connectivity index (χ2v) is 6.37. The van der Waals surface area contributed by atoms with E-state index in [4.69, 9.17) is 0 Å². The third-order valence-electron chi connectivity index (χ3n) is 3.53. The number of carbonyl (C=O) groups is 2. The molecule has 2 rings (SSSR count). The minimum Gasteiger partial charge on any atom is -0.354 e. The number of hydrogen-bond donors (Lipinski definition) is 2. The zero-order valence-corrected chi connectivity index (χ0v) is 14.6. The Hall–Kier alpha value is -2.34. The van der Waals surface area contributed by atoms with Gasteiger partial charge >= 0.3 is 6.03 Å². The van der Waals surface area contributed by atoms with Crippen LogP contribution in [0.1, 0.15) is 17.4 Å². The average Bonchev–Trinajstić information content (AvgIpc) is 3.10. The van der Waals surface area contributed by atoms with Crippen LogP contribution in [0.5, 0.6) is 0 Å². The highest BCUT2D eigenvalue weighted by molar-refractivity contribution is 7.09. The van der Waals surface area contributed by atoms with E-state index in [2.05, 4.69) is 10.6 Å². The van der Waals surface area contributed by atoms with Gasteiger partial charge in [-0.2, -0.15) is 0 Å². The highest BCUT2D eigenvalue weighted by Gasteiger charge is 2.12. The van der Waals surface area contributed by atoms with Gasteiger partial charge in [-0.05, 0) is 23.9 Å². The Morgan fingerprint density at radius 3 is 2.46 bits per heavy atom. The molecule has 3 amide bonds. The van der Waals surface area contributed by atoms with Gasteiger partial charge in [0.25, 0.3) is 0 Å². The monoisotopic (exact) mass is 345 g/mol. The molecular weight excluding hydrogens is 322 g/mol. The lowest BCUT2D eigenvalue weighted by Gasteiger charge is -2.20. The molecule has 0 aliphatic rings. The fourth-order valence-electron chi connectivity index (χ4n) is 2.24. The van der Waals surface area contributed by atoms with Crippen LogP contribution in [0.3, 0.4) is 0 Å². The highest BCUT2D eigenvalue weighted by atomic mass is 32.1. The molecule has 2 N–H and O–H groups in total. The summed E-state index contributed by atoms with van der Waals surface area (Å²) in [6.45, 7) is 4.05. The van der Waals surface area contributed by atoms with Crippen molar-refractivity contribution in [3.8, 4) is 0 Å². The maximum absolute atomic E-state index is 12.1. The summed E-state index contributed by atoms with van der Waals surface area (Å²) in [5.41, 5.74) is 0.979.